The van der Waals surface area contributed by atoms with E-state index in [1.807, 2.05) is 6.08 Å². The fourth-order valence-electron chi connectivity index (χ4n) is 2.79. The summed E-state index contributed by atoms with van der Waals surface area (Å²) in [5.41, 5.74) is 1.42. The molecule has 0 unspecified atom stereocenters. The maximum absolute atomic E-state index is 11.2. The molecule has 0 amide bonds. The minimum Gasteiger partial charge on any atom is -0.476 e. The Hall–Kier alpha value is -2.24. The minimum absolute atomic E-state index is 0.103. The molecule has 1 saturated carbocycles. The molecule has 0 radical (unpaired) electrons. The molecule has 1 heterocycles. The molecule has 1 fully saturated rings. The standard InChI is InChI=1S/C14H14N2O4/c17-13(18)12-11(7-10(8-15-12)16(19)20)9-1-3-14(4-2-9)5-6-14/h1,7-8H,2-6H2,(H,17,18). The van der Waals surface area contributed by atoms with Crippen LogP contribution in [0.3, 0.4) is 0 Å². The molecule has 2 aliphatic carbocycles. The van der Waals surface area contributed by atoms with Gasteiger partial charge in [0, 0.05) is 11.6 Å². The number of rotatable bonds is 3. The van der Waals surface area contributed by atoms with Gasteiger partial charge in [-0.3, -0.25) is 10.1 Å². The van der Waals surface area contributed by atoms with E-state index in [-0.39, 0.29) is 11.4 Å². The van der Waals surface area contributed by atoms with Gasteiger partial charge in [0.25, 0.3) is 5.69 Å². The van der Waals surface area contributed by atoms with Crippen LogP contribution in [0.15, 0.2) is 18.3 Å². The van der Waals surface area contributed by atoms with Crippen molar-refractivity contribution >= 4 is 17.2 Å². The zero-order valence-electron chi connectivity index (χ0n) is 10.8. The molecular formula is C14H14N2O4. The average Bonchev–Trinajstić information content (AvgIpc) is 3.18. The smallest absolute Gasteiger partial charge is 0.355 e. The Labute approximate surface area is 115 Å². The van der Waals surface area contributed by atoms with Gasteiger partial charge in [0.05, 0.1) is 4.92 Å². The molecule has 6 heteroatoms. The van der Waals surface area contributed by atoms with Crippen LogP contribution in [0.5, 0.6) is 0 Å². The maximum Gasteiger partial charge on any atom is 0.355 e. The zero-order valence-corrected chi connectivity index (χ0v) is 10.8. The fourth-order valence-corrected chi connectivity index (χ4v) is 2.79. The molecule has 1 aromatic heterocycles. The summed E-state index contributed by atoms with van der Waals surface area (Å²) in [5.74, 6) is -1.15. The van der Waals surface area contributed by atoms with Crippen LogP contribution >= 0.6 is 0 Å². The van der Waals surface area contributed by atoms with Gasteiger partial charge in [-0.25, -0.2) is 9.78 Å². The molecule has 0 atom stereocenters. The van der Waals surface area contributed by atoms with Crippen molar-refractivity contribution in [2.24, 2.45) is 5.41 Å². The Balaban J connectivity index is 2.01. The lowest BCUT2D eigenvalue weighted by molar-refractivity contribution is -0.385. The van der Waals surface area contributed by atoms with E-state index in [1.165, 1.54) is 18.9 Å². The second-order valence-electron chi connectivity index (χ2n) is 5.59. The molecule has 1 aromatic rings. The highest BCUT2D eigenvalue weighted by Crippen LogP contribution is 2.56. The first kappa shape index (κ1) is 12.8. The van der Waals surface area contributed by atoms with E-state index in [2.05, 4.69) is 4.98 Å². The number of nitro groups is 1. The Morgan fingerprint density at radius 3 is 2.65 bits per heavy atom. The second-order valence-corrected chi connectivity index (χ2v) is 5.59. The monoisotopic (exact) mass is 274 g/mol. The number of carboxylic acids is 1. The lowest BCUT2D eigenvalue weighted by Crippen LogP contribution is -2.10. The lowest BCUT2D eigenvalue weighted by atomic mass is 9.84. The van der Waals surface area contributed by atoms with E-state index in [9.17, 15) is 20.0 Å². The normalized spacial score (nSPS) is 19.5. The summed E-state index contributed by atoms with van der Waals surface area (Å²) < 4.78 is 0. The number of hydrogen-bond acceptors (Lipinski definition) is 4. The van der Waals surface area contributed by atoms with Crippen molar-refractivity contribution in [1.82, 2.24) is 4.98 Å². The largest absolute Gasteiger partial charge is 0.476 e. The van der Waals surface area contributed by atoms with Crippen molar-refractivity contribution in [2.45, 2.75) is 32.1 Å². The molecule has 0 aromatic carbocycles. The second kappa shape index (κ2) is 4.40. The first-order valence-corrected chi connectivity index (χ1v) is 6.58. The summed E-state index contributed by atoms with van der Waals surface area (Å²) >= 11 is 0. The minimum atomic E-state index is -1.15. The number of aromatic nitrogens is 1. The SMILES string of the molecule is O=C(O)c1ncc([N+](=O)[O-])cc1C1=CCC2(CC1)CC2. The van der Waals surface area contributed by atoms with Gasteiger partial charge < -0.3 is 5.11 Å². The number of carbonyl (C=O) groups is 1. The van der Waals surface area contributed by atoms with E-state index >= 15 is 0 Å². The van der Waals surface area contributed by atoms with E-state index in [0.717, 1.165) is 31.0 Å². The van der Waals surface area contributed by atoms with Gasteiger partial charge in [0.15, 0.2) is 5.69 Å². The van der Waals surface area contributed by atoms with Crippen LogP contribution in [0.1, 0.15) is 48.2 Å². The molecule has 1 N–H and O–H groups in total. The molecular weight excluding hydrogens is 260 g/mol. The van der Waals surface area contributed by atoms with Crippen LogP contribution in [-0.2, 0) is 0 Å². The predicted molar refractivity (Wildman–Crippen MR) is 71.3 cm³/mol. The molecule has 0 bridgehead atoms. The quantitative estimate of drug-likeness (QED) is 0.675. The van der Waals surface area contributed by atoms with E-state index in [1.54, 1.807) is 0 Å². The summed E-state index contributed by atoms with van der Waals surface area (Å²) in [6.07, 6.45) is 8.22. The first-order chi connectivity index (χ1) is 9.51. The van der Waals surface area contributed by atoms with Crippen LogP contribution in [0.4, 0.5) is 5.69 Å². The van der Waals surface area contributed by atoms with Crippen molar-refractivity contribution in [1.29, 1.82) is 0 Å². The molecule has 104 valence electrons. The molecule has 2 aliphatic rings. The lowest BCUT2D eigenvalue weighted by Gasteiger charge is -2.21. The third kappa shape index (κ3) is 2.17. The van der Waals surface area contributed by atoms with Crippen molar-refractivity contribution in [3.05, 3.63) is 39.7 Å². The van der Waals surface area contributed by atoms with Gasteiger partial charge in [-0.05, 0) is 43.1 Å². The molecule has 6 nitrogen and oxygen atoms in total. The van der Waals surface area contributed by atoms with Gasteiger partial charge in [-0.2, -0.15) is 0 Å². The van der Waals surface area contributed by atoms with Gasteiger partial charge in [0.1, 0.15) is 6.20 Å². The highest BCUT2D eigenvalue weighted by Gasteiger charge is 2.43. The average molecular weight is 274 g/mol. The zero-order chi connectivity index (χ0) is 14.3. The molecule has 0 aliphatic heterocycles. The van der Waals surface area contributed by atoms with Crippen LogP contribution in [0.2, 0.25) is 0 Å². The van der Waals surface area contributed by atoms with Crippen molar-refractivity contribution in [3.63, 3.8) is 0 Å². The van der Waals surface area contributed by atoms with Gasteiger partial charge in [-0.1, -0.05) is 6.08 Å². The Morgan fingerprint density at radius 1 is 1.40 bits per heavy atom. The van der Waals surface area contributed by atoms with E-state index < -0.39 is 10.9 Å². The van der Waals surface area contributed by atoms with Crippen molar-refractivity contribution in [2.75, 3.05) is 0 Å². The maximum atomic E-state index is 11.2. The van der Waals surface area contributed by atoms with Crippen molar-refractivity contribution < 1.29 is 14.8 Å². The van der Waals surface area contributed by atoms with E-state index in [0.29, 0.717) is 11.0 Å². The summed E-state index contributed by atoms with van der Waals surface area (Å²) in [6.45, 7) is 0. The number of pyridine rings is 1. The Kier molecular flexibility index (Phi) is 2.81. The molecule has 0 saturated heterocycles. The summed E-state index contributed by atoms with van der Waals surface area (Å²) in [6, 6.07) is 1.33. The highest BCUT2D eigenvalue weighted by atomic mass is 16.6. The summed E-state index contributed by atoms with van der Waals surface area (Å²) in [7, 11) is 0. The number of carboxylic acid groups (broad SMARTS) is 1. The first-order valence-electron chi connectivity index (χ1n) is 6.58. The number of aromatic carboxylic acids is 1. The van der Waals surface area contributed by atoms with Crippen LogP contribution in [0, 0.1) is 15.5 Å². The Bertz CT molecular complexity index is 632. The third-order valence-electron chi connectivity index (χ3n) is 4.30. The third-order valence-corrected chi connectivity index (χ3v) is 4.30. The fraction of sp³-hybridized carbons (Fsp3) is 0.429. The summed E-state index contributed by atoms with van der Waals surface area (Å²) in [5, 5.41) is 20.0. The molecule has 3 rings (SSSR count). The predicted octanol–water partition coefficient (Wildman–Crippen LogP) is 3.04. The van der Waals surface area contributed by atoms with Gasteiger partial charge in [-0.15, -0.1) is 0 Å². The van der Waals surface area contributed by atoms with Crippen LogP contribution < -0.4 is 0 Å². The Morgan fingerprint density at radius 2 is 2.15 bits per heavy atom. The van der Waals surface area contributed by atoms with Crippen LogP contribution in [0.25, 0.3) is 5.57 Å². The van der Waals surface area contributed by atoms with Crippen LogP contribution in [-0.4, -0.2) is 21.0 Å². The van der Waals surface area contributed by atoms with E-state index in [4.69, 9.17) is 0 Å². The number of hydrogen-bond donors (Lipinski definition) is 1. The van der Waals surface area contributed by atoms with Gasteiger partial charge in [0.2, 0.25) is 0 Å². The molecule has 20 heavy (non-hydrogen) atoms. The summed E-state index contributed by atoms with van der Waals surface area (Å²) in [4.78, 5) is 25.3. The van der Waals surface area contributed by atoms with Crippen molar-refractivity contribution in [3.8, 4) is 0 Å². The molecule has 1 spiro atoms. The number of nitrogens with zero attached hydrogens (tertiary/aromatic N) is 2. The highest BCUT2D eigenvalue weighted by molar-refractivity contribution is 5.92. The van der Waals surface area contributed by atoms with Gasteiger partial charge >= 0.3 is 5.97 Å². The topological polar surface area (TPSA) is 93.3 Å². The number of allylic oxidation sites excluding steroid dienone is 2.